The summed E-state index contributed by atoms with van der Waals surface area (Å²) in [5.74, 6) is 5.29. The Bertz CT molecular complexity index is 1020. The van der Waals surface area contributed by atoms with E-state index in [0.717, 1.165) is 16.7 Å². The van der Waals surface area contributed by atoms with Crippen molar-refractivity contribution in [3.8, 4) is 23.0 Å². The molecule has 3 rings (SSSR count). The first-order chi connectivity index (χ1) is 12.6. The maximum atomic E-state index is 12.6. The third-order valence-electron chi connectivity index (χ3n) is 3.94. The van der Waals surface area contributed by atoms with E-state index >= 15 is 0 Å². The van der Waals surface area contributed by atoms with E-state index in [1.54, 1.807) is 36.4 Å². The van der Waals surface area contributed by atoms with Crippen molar-refractivity contribution in [3.63, 3.8) is 0 Å². The Hall–Kier alpha value is -2.87. The summed E-state index contributed by atoms with van der Waals surface area (Å²) in [6, 6.07) is 23.8. The van der Waals surface area contributed by atoms with Crippen molar-refractivity contribution < 1.29 is 13.5 Å². The van der Waals surface area contributed by atoms with Crippen LogP contribution in [0.5, 0.6) is 0 Å². The van der Waals surface area contributed by atoms with Crippen molar-refractivity contribution in [1.82, 2.24) is 0 Å². The minimum absolute atomic E-state index is 0.0641. The van der Waals surface area contributed by atoms with E-state index in [1.807, 2.05) is 42.5 Å². The zero-order chi connectivity index (χ0) is 18.4. The first kappa shape index (κ1) is 17.9. The van der Waals surface area contributed by atoms with E-state index in [1.165, 1.54) is 0 Å². The van der Waals surface area contributed by atoms with Gasteiger partial charge in [-0.2, -0.15) is 0 Å². The third kappa shape index (κ3) is 4.40. The summed E-state index contributed by atoms with van der Waals surface area (Å²) in [5, 5.41) is 8.70. The molecule has 4 heteroatoms. The van der Waals surface area contributed by atoms with Crippen molar-refractivity contribution >= 4 is 9.84 Å². The molecule has 3 aromatic carbocycles. The van der Waals surface area contributed by atoms with Crippen LogP contribution >= 0.6 is 0 Å². The molecule has 1 N–H and O–H groups in total. The van der Waals surface area contributed by atoms with Crippen LogP contribution in [-0.2, 0) is 15.6 Å². The van der Waals surface area contributed by atoms with Crippen molar-refractivity contribution in [2.45, 2.75) is 10.6 Å². The molecule has 0 aliphatic rings. The second-order valence-corrected chi connectivity index (χ2v) is 7.80. The number of hydrogen-bond donors (Lipinski definition) is 1. The average Bonchev–Trinajstić information content (AvgIpc) is 2.68. The van der Waals surface area contributed by atoms with Gasteiger partial charge in [-0.15, -0.1) is 0 Å². The Morgan fingerprint density at radius 1 is 0.769 bits per heavy atom. The standard InChI is InChI=1S/C22H18O3S/c23-16-4-5-18-8-10-19(11-9-18)17-26(24,25)22-14-12-21(13-15-22)20-6-2-1-3-7-20/h1-3,6-15,23H,16-17H2. The summed E-state index contributed by atoms with van der Waals surface area (Å²) >= 11 is 0. The topological polar surface area (TPSA) is 54.4 Å². The lowest BCUT2D eigenvalue weighted by molar-refractivity contribution is 0.350. The van der Waals surface area contributed by atoms with E-state index < -0.39 is 9.84 Å². The van der Waals surface area contributed by atoms with E-state index in [4.69, 9.17) is 5.11 Å². The van der Waals surface area contributed by atoms with Crippen molar-refractivity contribution in [1.29, 1.82) is 0 Å². The molecule has 0 heterocycles. The summed E-state index contributed by atoms with van der Waals surface area (Å²) in [6.45, 7) is -0.199. The Morgan fingerprint density at radius 2 is 1.38 bits per heavy atom. The number of sulfone groups is 1. The van der Waals surface area contributed by atoms with E-state index in [9.17, 15) is 8.42 Å². The third-order valence-corrected chi connectivity index (χ3v) is 5.65. The average molecular weight is 362 g/mol. The second kappa shape index (κ2) is 8.01. The van der Waals surface area contributed by atoms with Crippen LogP contribution in [0.4, 0.5) is 0 Å². The Balaban J connectivity index is 1.78. The van der Waals surface area contributed by atoms with Gasteiger partial charge < -0.3 is 5.11 Å². The maximum Gasteiger partial charge on any atom is 0.182 e. The lowest BCUT2D eigenvalue weighted by Gasteiger charge is -2.07. The minimum Gasteiger partial charge on any atom is -0.384 e. The first-order valence-electron chi connectivity index (χ1n) is 8.15. The molecule has 0 aliphatic heterocycles. The predicted molar refractivity (Wildman–Crippen MR) is 103 cm³/mol. The zero-order valence-corrected chi connectivity index (χ0v) is 14.9. The first-order valence-corrected chi connectivity index (χ1v) is 9.81. The fourth-order valence-corrected chi connectivity index (χ4v) is 3.96. The second-order valence-electron chi connectivity index (χ2n) is 5.81. The van der Waals surface area contributed by atoms with Gasteiger partial charge in [0.25, 0.3) is 0 Å². The lowest BCUT2D eigenvalue weighted by atomic mass is 10.1. The number of aliphatic hydroxyl groups is 1. The molecule has 0 aliphatic carbocycles. The molecule has 0 bridgehead atoms. The van der Waals surface area contributed by atoms with Gasteiger partial charge in [-0.05, 0) is 41.0 Å². The molecule has 0 aromatic heterocycles. The number of hydrogen-bond acceptors (Lipinski definition) is 3. The molecule has 0 amide bonds. The van der Waals surface area contributed by atoms with Gasteiger partial charge in [0.2, 0.25) is 0 Å². The molecular weight excluding hydrogens is 344 g/mol. The molecule has 0 radical (unpaired) electrons. The molecule has 26 heavy (non-hydrogen) atoms. The summed E-state index contributed by atoms with van der Waals surface area (Å²) in [6.07, 6.45) is 0. The molecule has 130 valence electrons. The van der Waals surface area contributed by atoms with Crippen molar-refractivity contribution in [3.05, 3.63) is 90.0 Å². The Morgan fingerprint density at radius 3 is 2.00 bits per heavy atom. The smallest absolute Gasteiger partial charge is 0.182 e. The summed E-state index contributed by atoms with van der Waals surface area (Å²) in [7, 11) is -3.42. The van der Waals surface area contributed by atoms with Gasteiger partial charge in [0.05, 0.1) is 10.6 Å². The largest absolute Gasteiger partial charge is 0.384 e. The van der Waals surface area contributed by atoms with Gasteiger partial charge in [0.15, 0.2) is 9.84 Å². The van der Waals surface area contributed by atoms with Crippen LogP contribution in [0.25, 0.3) is 11.1 Å². The van der Waals surface area contributed by atoms with Crippen LogP contribution in [0.2, 0.25) is 0 Å². The maximum absolute atomic E-state index is 12.6. The van der Waals surface area contributed by atoms with Gasteiger partial charge >= 0.3 is 0 Å². The number of aliphatic hydroxyl groups excluding tert-OH is 1. The van der Waals surface area contributed by atoms with Crippen LogP contribution in [0.3, 0.4) is 0 Å². The summed E-state index contributed by atoms with van der Waals surface area (Å²) in [5.41, 5.74) is 3.48. The van der Waals surface area contributed by atoms with Gasteiger partial charge in [-0.1, -0.05) is 66.4 Å². The van der Waals surface area contributed by atoms with E-state index in [-0.39, 0.29) is 12.4 Å². The van der Waals surface area contributed by atoms with Gasteiger partial charge in [-0.3, -0.25) is 0 Å². The molecular formula is C22H18O3S. The Kier molecular flexibility index (Phi) is 5.52. The van der Waals surface area contributed by atoms with Crippen LogP contribution in [0.15, 0.2) is 83.8 Å². The molecule has 0 unspecified atom stereocenters. The number of rotatable bonds is 4. The number of benzene rings is 3. The van der Waals surface area contributed by atoms with Crippen molar-refractivity contribution in [2.24, 2.45) is 0 Å². The molecule has 0 saturated carbocycles. The highest BCUT2D eigenvalue weighted by molar-refractivity contribution is 7.90. The van der Waals surface area contributed by atoms with Crippen LogP contribution in [-0.4, -0.2) is 20.1 Å². The van der Waals surface area contributed by atoms with Crippen LogP contribution < -0.4 is 0 Å². The van der Waals surface area contributed by atoms with Gasteiger partial charge in [0, 0.05) is 5.56 Å². The molecule has 0 spiro atoms. The van der Waals surface area contributed by atoms with Crippen LogP contribution in [0.1, 0.15) is 11.1 Å². The SMILES string of the molecule is O=S(=O)(Cc1ccc(C#CCO)cc1)c1ccc(-c2ccccc2)cc1. The van der Waals surface area contributed by atoms with Gasteiger partial charge in [0.1, 0.15) is 6.61 Å². The predicted octanol–water partition coefficient (Wildman–Crippen LogP) is 3.67. The summed E-state index contributed by atoms with van der Waals surface area (Å²) in [4.78, 5) is 0.307. The van der Waals surface area contributed by atoms with E-state index in [2.05, 4.69) is 11.8 Å². The normalized spacial score (nSPS) is 10.8. The quantitative estimate of drug-likeness (QED) is 0.721. The molecule has 3 nitrogen and oxygen atoms in total. The molecule has 3 aromatic rings. The van der Waals surface area contributed by atoms with E-state index in [0.29, 0.717) is 10.5 Å². The Labute approximate surface area is 153 Å². The molecule has 0 atom stereocenters. The van der Waals surface area contributed by atoms with Crippen molar-refractivity contribution in [2.75, 3.05) is 6.61 Å². The fourth-order valence-electron chi connectivity index (χ4n) is 2.61. The molecule has 0 saturated heterocycles. The highest BCUT2D eigenvalue weighted by Gasteiger charge is 2.15. The fraction of sp³-hybridized carbons (Fsp3) is 0.0909. The minimum atomic E-state index is -3.42. The highest BCUT2D eigenvalue weighted by Crippen LogP contribution is 2.23. The highest BCUT2D eigenvalue weighted by atomic mass is 32.2. The zero-order valence-electron chi connectivity index (χ0n) is 14.1. The lowest BCUT2D eigenvalue weighted by Crippen LogP contribution is -2.05. The molecule has 0 fully saturated rings. The monoisotopic (exact) mass is 362 g/mol. The van der Waals surface area contributed by atoms with Gasteiger partial charge in [-0.25, -0.2) is 8.42 Å². The summed E-state index contributed by atoms with van der Waals surface area (Å²) < 4.78 is 25.3. The van der Waals surface area contributed by atoms with Crippen LogP contribution in [0, 0.1) is 11.8 Å².